The molecule has 0 aliphatic rings. The van der Waals surface area contributed by atoms with E-state index in [4.69, 9.17) is 5.73 Å². The summed E-state index contributed by atoms with van der Waals surface area (Å²) in [7, 11) is 0. The van der Waals surface area contributed by atoms with Gasteiger partial charge in [0.1, 0.15) is 0 Å². The molecule has 3 N–H and O–H groups in total. The van der Waals surface area contributed by atoms with Crippen LogP contribution in [0.2, 0.25) is 0 Å². The van der Waals surface area contributed by atoms with Gasteiger partial charge < -0.3 is 5.73 Å². The van der Waals surface area contributed by atoms with Crippen LogP contribution in [-0.4, -0.2) is 16.3 Å². The average molecular weight is 245 g/mol. The van der Waals surface area contributed by atoms with Crippen LogP contribution < -0.4 is 11.3 Å². The van der Waals surface area contributed by atoms with E-state index >= 15 is 0 Å². The lowest BCUT2D eigenvalue weighted by atomic mass is 10.1. The fraction of sp³-hybridized carbons (Fsp3) is 0.357. The molecular formula is C14H19N3O. The Bertz CT molecular complexity index is 622. The normalized spacial score (nSPS) is 10.9. The van der Waals surface area contributed by atoms with Gasteiger partial charge in [0.05, 0.1) is 5.69 Å². The highest BCUT2D eigenvalue weighted by Gasteiger charge is 2.13. The molecule has 0 spiro atoms. The summed E-state index contributed by atoms with van der Waals surface area (Å²) in [4.78, 5) is 12.3. The second-order valence-electron chi connectivity index (χ2n) is 4.61. The third-order valence-corrected chi connectivity index (χ3v) is 3.40. The van der Waals surface area contributed by atoms with Crippen molar-refractivity contribution in [2.75, 3.05) is 6.54 Å². The molecule has 0 aliphatic heterocycles. The molecule has 1 heterocycles. The number of nitrogens with two attached hydrogens (primary N) is 1. The Balaban J connectivity index is 2.62. The van der Waals surface area contributed by atoms with Crippen LogP contribution in [0.4, 0.5) is 0 Å². The summed E-state index contributed by atoms with van der Waals surface area (Å²) in [5.74, 6) is 0. The number of rotatable bonds is 3. The molecule has 2 aromatic rings. The lowest BCUT2D eigenvalue weighted by molar-refractivity contribution is 0.826. The summed E-state index contributed by atoms with van der Waals surface area (Å²) in [6.07, 6.45) is 0.610. The van der Waals surface area contributed by atoms with E-state index in [1.54, 1.807) is 4.68 Å². The second-order valence-corrected chi connectivity index (χ2v) is 4.61. The van der Waals surface area contributed by atoms with E-state index in [1.807, 2.05) is 39.0 Å². The van der Waals surface area contributed by atoms with Gasteiger partial charge in [0.2, 0.25) is 0 Å². The number of hydrogen-bond donors (Lipinski definition) is 2. The quantitative estimate of drug-likeness (QED) is 0.862. The summed E-state index contributed by atoms with van der Waals surface area (Å²) < 4.78 is 1.61. The first-order valence-electron chi connectivity index (χ1n) is 6.13. The van der Waals surface area contributed by atoms with Gasteiger partial charge in [-0.3, -0.25) is 9.89 Å². The highest BCUT2D eigenvalue weighted by molar-refractivity contribution is 5.44. The Morgan fingerprint density at radius 3 is 2.67 bits per heavy atom. The van der Waals surface area contributed by atoms with Gasteiger partial charge in [-0.15, -0.1) is 0 Å². The maximum Gasteiger partial charge on any atom is 0.274 e. The summed E-state index contributed by atoms with van der Waals surface area (Å²) in [6.45, 7) is 6.46. The van der Waals surface area contributed by atoms with Crippen molar-refractivity contribution in [3.63, 3.8) is 0 Å². The van der Waals surface area contributed by atoms with Gasteiger partial charge in [0.25, 0.3) is 5.56 Å². The number of nitrogens with one attached hydrogen (secondary N) is 1. The summed E-state index contributed by atoms with van der Waals surface area (Å²) in [5, 5.41) is 3.13. The number of aromatic nitrogens is 2. The van der Waals surface area contributed by atoms with Crippen LogP contribution >= 0.6 is 0 Å². The Morgan fingerprint density at radius 2 is 2.00 bits per heavy atom. The van der Waals surface area contributed by atoms with E-state index in [2.05, 4.69) is 5.10 Å². The predicted octanol–water partition coefficient (Wildman–Crippen LogP) is 1.59. The zero-order valence-electron chi connectivity index (χ0n) is 11.1. The minimum absolute atomic E-state index is 0.00616. The van der Waals surface area contributed by atoms with Crippen LogP contribution in [0, 0.1) is 20.8 Å². The van der Waals surface area contributed by atoms with Crippen molar-refractivity contribution >= 4 is 0 Å². The molecule has 4 nitrogen and oxygen atoms in total. The fourth-order valence-corrected chi connectivity index (χ4v) is 2.17. The maximum absolute atomic E-state index is 12.3. The molecule has 0 saturated heterocycles. The van der Waals surface area contributed by atoms with Gasteiger partial charge in [0.15, 0.2) is 0 Å². The SMILES string of the molecule is Cc1cccc(-n2[nH]c(C)c(CCN)c2=O)c1C. The maximum atomic E-state index is 12.3. The molecule has 0 amide bonds. The molecule has 1 aromatic heterocycles. The number of benzene rings is 1. The van der Waals surface area contributed by atoms with Crippen molar-refractivity contribution in [1.29, 1.82) is 0 Å². The second kappa shape index (κ2) is 4.82. The monoisotopic (exact) mass is 245 g/mol. The lowest BCUT2D eigenvalue weighted by Crippen LogP contribution is -2.20. The lowest BCUT2D eigenvalue weighted by Gasteiger charge is -2.08. The van der Waals surface area contributed by atoms with E-state index in [0.717, 1.165) is 22.5 Å². The molecule has 0 saturated carbocycles. The molecule has 4 heteroatoms. The molecule has 0 fully saturated rings. The van der Waals surface area contributed by atoms with Crippen LogP contribution in [-0.2, 0) is 6.42 Å². The number of H-pyrrole nitrogens is 1. The first kappa shape index (κ1) is 12.6. The van der Waals surface area contributed by atoms with Gasteiger partial charge in [-0.25, -0.2) is 4.68 Å². The average Bonchev–Trinajstić information content (AvgIpc) is 2.61. The summed E-state index contributed by atoms with van der Waals surface area (Å²) in [6, 6.07) is 5.95. The topological polar surface area (TPSA) is 63.8 Å². The van der Waals surface area contributed by atoms with E-state index in [9.17, 15) is 4.79 Å². The van der Waals surface area contributed by atoms with Gasteiger partial charge in [-0.05, 0) is 50.9 Å². The van der Waals surface area contributed by atoms with Gasteiger partial charge >= 0.3 is 0 Å². The summed E-state index contributed by atoms with van der Waals surface area (Å²) >= 11 is 0. The van der Waals surface area contributed by atoms with Gasteiger partial charge in [-0.2, -0.15) is 0 Å². The van der Waals surface area contributed by atoms with Crippen LogP contribution in [0.25, 0.3) is 5.69 Å². The standard InChI is InChI=1S/C14H19N3O/c1-9-5-4-6-13(10(9)2)17-14(18)12(7-8-15)11(3)16-17/h4-6,16H,7-8,15H2,1-3H3. The predicted molar refractivity (Wildman–Crippen MR) is 73.4 cm³/mol. The molecule has 0 atom stereocenters. The molecule has 96 valence electrons. The zero-order chi connectivity index (χ0) is 13.3. The minimum atomic E-state index is 0.00616. The Kier molecular flexibility index (Phi) is 3.39. The van der Waals surface area contributed by atoms with Crippen molar-refractivity contribution in [3.05, 3.63) is 50.9 Å². The van der Waals surface area contributed by atoms with E-state index in [1.165, 1.54) is 5.56 Å². The smallest absolute Gasteiger partial charge is 0.274 e. The van der Waals surface area contributed by atoms with Crippen LogP contribution in [0.3, 0.4) is 0 Å². The molecule has 2 rings (SSSR count). The number of aryl methyl sites for hydroxylation is 2. The molecule has 1 aromatic carbocycles. The minimum Gasteiger partial charge on any atom is -0.330 e. The number of aromatic amines is 1. The molecule has 0 unspecified atom stereocenters. The zero-order valence-corrected chi connectivity index (χ0v) is 11.1. The third-order valence-electron chi connectivity index (χ3n) is 3.40. The van der Waals surface area contributed by atoms with Gasteiger partial charge in [0, 0.05) is 11.3 Å². The Hall–Kier alpha value is -1.81. The van der Waals surface area contributed by atoms with Crippen molar-refractivity contribution in [3.8, 4) is 5.69 Å². The van der Waals surface area contributed by atoms with Gasteiger partial charge in [-0.1, -0.05) is 12.1 Å². The molecule has 0 radical (unpaired) electrons. The Labute approximate surface area is 106 Å². The van der Waals surface area contributed by atoms with E-state index in [0.29, 0.717) is 13.0 Å². The largest absolute Gasteiger partial charge is 0.330 e. The van der Waals surface area contributed by atoms with Crippen LogP contribution in [0.1, 0.15) is 22.4 Å². The highest BCUT2D eigenvalue weighted by Crippen LogP contribution is 2.16. The summed E-state index contributed by atoms with van der Waals surface area (Å²) in [5.41, 5.74) is 10.4. The molecular weight excluding hydrogens is 226 g/mol. The van der Waals surface area contributed by atoms with E-state index < -0.39 is 0 Å². The molecule has 18 heavy (non-hydrogen) atoms. The highest BCUT2D eigenvalue weighted by atomic mass is 16.1. The Morgan fingerprint density at radius 1 is 1.28 bits per heavy atom. The van der Waals surface area contributed by atoms with E-state index in [-0.39, 0.29) is 5.56 Å². The fourth-order valence-electron chi connectivity index (χ4n) is 2.17. The van der Waals surface area contributed by atoms with Crippen LogP contribution in [0.15, 0.2) is 23.0 Å². The van der Waals surface area contributed by atoms with Crippen molar-refractivity contribution in [2.45, 2.75) is 27.2 Å². The van der Waals surface area contributed by atoms with Crippen LogP contribution in [0.5, 0.6) is 0 Å². The third kappa shape index (κ3) is 1.99. The first-order chi connectivity index (χ1) is 8.56. The van der Waals surface area contributed by atoms with Crippen molar-refractivity contribution < 1.29 is 0 Å². The first-order valence-corrected chi connectivity index (χ1v) is 6.13. The van der Waals surface area contributed by atoms with Crippen molar-refractivity contribution in [2.24, 2.45) is 5.73 Å². The molecule has 0 aliphatic carbocycles. The molecule has 0 bridgehead atoms. The number of nitrogens with zero attached hydrogens (tertiary/aromatic N) is 1. The van der Waals surface area contributed by atoms with Crippen molar-refractivity contribution in [1.82, 2.24) is 9.78 Å². The number of hydrogen-bond acceptors (Lipinski definition) is 2.